The lowest BCUT2D eigenvalue weighted by molar-refractivity contribution is -0.384. The number of benzene rings is 1. The second-order valence-corrected chi connectivity index (χ2v) is 4.18. The van der Waals surface area contributed by atoms with E-state index in [1.54, 1.807) is 18.3 Å². The van der Waals surface area contributed by atoms with E-state index in [2.05, 4.69) is 4.98 Å². The van der Waals surface area contributed by atoms with Crippen molar-refractivity contribution in [2.45, 2.75) is 6.54 Å². The van der Waals surface area contributed by atoms with Gasteiger partial charge in [-0.25, -0.2) is 4.79 Å². The van der Waals surface area contributed by atoms with Crippen LogP contribution in [0.25, 0.3) is 11.1 Å². The molecule has 2 aromatic heterocycles. The third-order valence-corrected chi connectivity index (χ3v) is 2.91. The van der Waals surface area contributed by atoms with Gasteiger partial charge >= 0.3 is 5.76 Å². The first-order chi connectivity index (χ1) is 9.65. The van der Waals surface area contributed by atoms with Gasteiger partial charge in [-0.3, -0.25) is 19.7 Å². The maximum absolute atomic E-state index is 11.8. The smallest absolute Gasteiger partial charge is 0.407 e. The van der Waals surface area contributed by atoms with Crippen molar-refractivity contribution in [3.63, 3.8) is 0 Å². The van der Waals surface area contributed by atoms with Gasteiger partial charge in [-0.15, -0.1) is 0 Å². The lowest BCUT2D eigenvalue weighted by atomic mass is 10.3. The molecule has 0 saturated carbocycles. The predicted octanol–water partition coefficient (Wildman–Crippen LogP) is 1.95. The summed E-state index contributed by atoms with van der Waals surface area (Å²) in [4.78, 5) is 26.1. The largest absolute Gasteiger partial charge is 0.420 e. The first kappa shape index (κ1) is 12.1. The van der Waals surface area contributed by atoms with Crippen molar-refractivity contribution < 1.29 is 9.34 Å². The highest BCUT2D eigenvalue weighted by atomic mass is 16.6. The second-order valence-electron chi connectivity index (χ2n) is 4.18. The summed E-state index contributed by atoms with van der Waals surface area (Å²) >= 11 is 0. The molecule has 1 aromatic carbocycles. The van der Waals surface area contributed by atoms with Crippen molar-refractivity contribution in [2.75, 3.05) is 0 Å². The number of nitro benzene ring substituents is 1. The van der Waals surface area contributed by atoms with Gasteiger partial charge in [0.15, 0.2) is 5.58 Å². The minimum absolute atomic E-state index is 0.115. The maximum Gasteiger partial charge on any atom is 0.420 e. The Labute approximate surface area is 112 Å². The molecule has 0 aliphatic carbocycles. The summed E-state index contributed by atoms with van der Waals surface area (Å²) in [5.41, 5.74) is 1.29. The van der Waals surface area contributed by atoms with E-state index in [0.717, 1.165) is 0 Å². The third-order valence-electron chi connectivity index (χ3n) is 2.91. The van der Waals surface area contributed by atoms with Crippen LogP contribution >= 0.6 is 0 Å². The Morgan fingerprint density at radius 1 is 1.30 bits per heavy atom. The minimum Gasteiger partial charge on any atom is -0.407 e. The van der Waals surface area contributed by atoms with Crippen molar-refractivity contribution in [1.82, 2.24) is 9.55 Å². The summed E-state index contributed by atoms with van der Waals surface area (Å²) in [5, 5.41) is 10.7. The first-order valence-corrected chi connectivity index (χ1v) is 5.83. The Morgan fingerprint density at radius 3 is 2.85 bits per heavy atom. The van der Waals surface area contributed by atoms with Crippen LogP contribution in [0.1, 0.15) is 5.69 Å². The molecule has 0 radical (unpaired) electrons. The van der Waals surface area contributed by atoms with Crippen molar-refractivity contribution in [1.29, 1.82) is 0 Å². The first-order valence-electron chi connectivity index (χ1n) is 5.83. The van der Waals surface area contributed by atoms with E-state index in [-0.39, 0.29) is 17.8 Å². The van der Waals surface area contributed by atoms with Crippen LogP contribution in [0.15, 0.2) is 51.8 Å². The van der Waals surface area contributed by atoms with Crippen molar-refractivity contribution >= 4 is 16.8 Å². The number of non-ortho nitro benzene ring substituents is 1. The van der Waals surface area contributed by atoms with Gasteiger partial charge in [-0.1, -0.05) is 6.07 Å². The van der Waals surface area contributed by atoms with Gasteiger partial charge in [-0.2, -0.15) is 0 Å². The van der Waals surface area contributed by atoms with E-state index in [0.29, 0.717) is 11.2 Å². The van der Waals surface area contributed by atoms with Crippen LogP contribution < -0.4 is 5.76 Å². The van der Waals surface area contributed by atoms with Crippen molar-refractivity contribution in [2.24, 2.45) is 0 Å². The SMILES string of the molecule is O=c1oc2cc([N+](=O)[O-])ccc2n1Cc1ccccn1. The summed E-state index contributed by atoms with van der Waals surface area (Å²) in [6.07, 6.45) is 1.63. The molecule has 2 heterocycles. The van der Waals surface area contributed by atoms with Crippen LogP contribution in [0, 0.1) is 10.1 Å². The molecule has 0 N–H and O–H groups in total. The van der Waals surface area contributed by atoms with Crippen LogP contribution in [0.5, 0.6) is 0 Å². The molecule has 3 rings (SSSR count). The van der Waals surface area contributed by atoms with Crippen LogP contribution in [-0.2, 0) is 6.54 Å². The van der Waals surface area contributed by atoms with Gasteiger partial charge in [0.25, 0.3) is 5.69 Å². The Morgan fingerprint density at radius 2 is 2.15 bits per heavy atom. The monoisotopic (exact) mass is 271 g/mol. The molecule has 0 spiro atoms. The maximum atomic E-state index is 11.8. The highest BCUT2D eigenvalue weighted by Gasteiger charge is 2.14. The molecule has 3 aromatic rings. The summed E-state index contributed by atoms with van der Waals surface area (Å²) < 4.78 is 6.43. The standard InChI is InChI=1S/C13H9N3O4/c17-13-15(8-9-3-1-2-6-14-9)11-5-4-10(16(18)19)7-12(11)20-13/h1-7H,8H2. The molecule has 7 heteroatoms. The molecule has 100 valence electrons. The van der Waals surface area contributed by atoms with Gasteiger partial charge in [0.1, 0.15) is 0 Å². The molecule has 0 bridgehead atoms. The highest BCUT2D eigenvalue weighted by molar-refractivity contribution is 5.75. The fourth-order valence-corrected chi connectivity index (χ4v) is 1.97. The molecule has 0 aliphatic heterocycles. The third kappa shape index (κ3) is 2.05. The van der Waals surface area contributed by atoms with E-state index >= 15 is 0 Å². The molecule has 0 unspecified atom stereocenters. The normalized spacial score (nSPS) is 10.8. The zero-order valence-corrected chi connectivity index (χ0v) is 10.2. The number of pyridine rings is 1. The Bertz CT molecular complexity index is 836. The van der Waals surface area contributed by atoms with E-state index in [1.165, 1.54) is 22.8 Å². The quantitative estimate of drug-likeness (QED) is 0.536. The van der Waals surface area contributed by atoms with E-state index in [9.17, 15) is 14.9 Å². The average molecular weight is 271 g/mol. The lowest BCUT2D eigenvalue weighted by Crippen LogP contribution is -2.15. The van der Waals surface area contributed by atoms with Gasteiger partial charge < -0.3 is 4.42 Å². The molecule has 7 nitrogen and oxygen atoms in total. The molecule has 0 saturated heterocycles. The summed E-state index contributed by atoms with van der Waals surface area (Å²) in [5.74, 6) is -0.564. The summed E-state index contributed by atoms with van der Waals surface area (Å²) in [7, 11) is 0. The molecular weight excluding hydrogens is 262 g/mol. The Balaban J connectivity index is 2.10. The number of oxazole rings is 1. The van der Waals surface area contributed by atoms with Gasteiger partial charge in [0.05, 0.1) is 28.7 Å². The van der Waals surface area contributed by atoms with Gasteiger partial charge in [0.2, 0.25) is 0 Å². The van der Waals surface area contributed by atoms with E-state index in [4.69, 9.17) is 4.42 Å². The Hall–Kier alpha value is -2.96. The topological polar surface area (TPSA) is 91.2 Å². The summed E-state index contributed by atoms with van der Waals surface area (Å²) in [6, 6.07) is 9.47. The second kappa shape index (κ2) is 4.61. The van der Waals surface area contributed by atoms with E-state index in [1.807, 2.05) is 6.07 Å². The number of rotatable bonds is 3. The molecule has 0 aliphatic rings. The zero-order chi connectivity index (χ0) is 14.1. The molecule has 20 heavy (non-hydrogen) atoms. The zero-order valence-electron chi connectivity index (χ0n) is 10.2. The van der Waals surface area contributed by atoms with Crippen LogP contribution in [0.4, 0.5) is 5.69 Å². The minimum atomic E-state index is -0.564. The molecule has 0 atom stereocenters. The highest BCUT2D eigenvalue weighted by Crippen LogP contribution is 2.20. The molecular formula is C13H9N3O4. The molecule has 0 fully saturated rings. The van der Waals surface area contributed by atoms with Crippen molar-refractivity contribution in [3.8, 4) is 0 Å². The van der Waals surface area contributed by atoms with Crippen molar-refractivity contribution in [3.05, 3.63) is 69.0 Å². The Kier molecular flexibility index (Phi) is 2.79. The molecule has 0 amide bonds. The number of fused-ring (bicyclic) bond motifs is 1. The van der Waals surface area contributed by atoms with Gasteiger partial charge in [0, 0.05) is 12.3 Å². The van der Waals surface area contributed by atoms with E-state index < -0.39 is 10.7 Å². The average Bonchev–Trinajstić information content (AvgIpc) is 2.75. The predicted molar refractivity (Wildman–Crippen MR) is 70.5 cm³/mol. The number of nitrogens with zero attached hydrogens (tertiary/aromatic N) is 3. The number of aromatic nitrogens is 2. The van der Waals surface area contributed by atoms with Crippen LogP contribution in [0.3, 0.4) is 0 Å². The van der Waals surface area contributed by atoms with Gasteiger partial charge in [-0.05, 0) is 18.2 Å². The fourth-order valence-electron chi connectivity index (χ4n) is 1.97. The van der Waals surface area contributed by atoms with Crippen LogP contribution in [-0.4, -0.2) is 14.5 Å². The number of hydrogen-bond donors (Lipinski definition) is 0. The summed E-state index contributed by atoms with van der Waals surface area (Å²) in [6.45, 7) is 0.254. The number of hydrogen-bond acceptors (Lipinski definition) is 5. The fraction of sp³-hybridized carbons (Fsp3) is 0.0769. The lowest BCUT2D eigenvalue weighted by Gasteiger charge is -2.01. The van der Waals surface area contributed by atoms with Crippen LogP contribution in [0.2, 0.25) is 0 Å². The number of nitro groups is 1.